The molecule has 7 heteroatoms. The molecule has 0 radical (unpaired) electrons. The molecule has 0 atom stereocenters. The number of amides is 1. The fourth-order valence-electron chi connectivity index (χ4n) is 2.12. The van der Waals surface area contributed by atoms with E-state index in [1.165, 1.54) is 0 Å². The molecule has 23 heavy (non-hydrogen) atoms. The lowest BCUT2D eigenvalue weighted by molar-refractivity contribution is 0.0952. The van der Waals surface area contributed by atoms with Crippen molar-refractivity contribution in [1.29, 1.82) is 0 Å². The largest absolute Gasteiger partial charge is 0.394 e. The number of nitrogens with one attached hydrogen (secondary N) is 1. The Kier molecular flexibility index (Phi) is 6.25. The monoisotopic (exact) mass is 317 g/mol. The highest BCUT2D eigenvalue weighted by atomic mass is 16.3. The van der Waals surface area contributed by atoms with Crippen molar-refractivity contribution in [2.45, 2.75) is 13.0 Å². The van der Waals surface area contributed by atoms with E-state index in [0.29, 0.717) is 18.7 Å². The van der Waals surface area contributed by atoms with Crippen molar-refractivity contribution >= 4 is 5.91 Å². The summed E-state index contributed by atoms with van der Waals surface area (Å²) in [5, 5.41) is 15.9. The number of carbonyl (C=O) groups is 1. The Morgan fingerprint density at radius 1 is 1.35 bits per heavy atom. The highest BCUT2D eigenvalue weighted by molar-refractivity contribution is 5.94. The number of aliphatic hydroxyl groups is 1. The molecule has 0 fully saturated rings. The van der Waals surface area contributed by atoms with Gasteiger partial charge in [0.25, 0.3) is 5.91 Å². The van der Waals surface area contributed by atoms with Crippen LogP contribution in [-0.4, -0.2) is 64.5 Å². The van der Waals surface area contributed by atoms with Crippen molar-refractivity contribution in [2.24, 2.45) is 0 Å². The molecule has 2 aromatic rings. The fourth-order valence-corrected chi connectivity index (χ4v) is 2.12. The van der Waals surface area contributed by atoms with Gasteiger partial charge in [-0.2, -0.15) is 5.10 Å². The van der Waals surface area contributed by atoms with Crippen LogP contribution in [0.1, 0.15) is 16.8 Å². The molecular formula is C16H23N5O2. The standard InChI is InChI=1S/C16H23N5O2/c1-20(2)7-3-6-17-16(23)13-4-5-15(18-10-13)14-11-19-21(12-14)8-9-22/h4-5,10-12,22H,3,6-9H2,1-2H3,(H,17,23). The van der Waals surface area contributed by atoms with Crippen LogP contribution in [0.15, 0.2) is 30.7 Å². The van der Waals surface area contributed by atoms with Gasteiger partial charge in [0, 0.05) is 24.5 Å². The summed E-state index contributed by atoms with van der Waals surface area (Å²) >= 11 is 0. The smallest absolute Gasteiger partial charge is 0.252 e. The fraction of sp³-hybridized carbons (Fsp3) is 0.438. The molecule has 0 saturated heterocycles. The quantitative estimate of drug-likeness (QED) is 0.697. The summed E-state index contributed by atoms with van der Waals surface area (Å²) < 4.78 is 1.66. The van der Waals surface area contributed by atoms with Crippen molar-refractivity contribution in [3.63, 3.8) is 0 Å². The Labute approximate surface area is 136 Å². The first-order valence-electron chi connectivity index (χ1n) is 7.63. The summed E-state index contributed by atoms with van der Waals surface area (Å²) in [6, 6.07) is 3.56. The van der Waals surface area contributed by atoms with Crippen LogP contribution in [0.4, 0.5) is 0 Å². The Bertz CT molecular complexity index is 622. The maximum atomic E-state index is 12.0. The predicted molar refractivity (Wildman–Crippen MR) is 88.0 cm³/mol. The molecule has 0 aliphatic rings. The van der Waals surface area contributed by atoms with E-state index in [9.17, 15) is 4.79 Å². The average molecular weight is 317 g/mol. The molecule has 0 bridgehead atoms. The van der Waals surface area contributed by atoms with E-state index in [4.69, 9.17) is 5.11 Å². The Hall–Kier alpha value is -2.25. The van der Waals surface area contributed by atoms with E-state index in [1.54, 1.807) is 29.2 Å². The molecule has 1 amide bonds. The predicted octanol–water partition coefficient (Wildman–Crippen LogP) is 0.619. The number of aromatic nitrogens is 3. The highest BCUT2D eigenvalue weighted by Crippen LogP contribution is 2.16. The average Bonchev–Trinajstić information content (AvgIpc) is 3.00. The molecule has 124 valence electrons. The third-order valence-electron chi connectivity index (χ3n) is 3.35. The van der Waals surface area contributed by atoms with Gasteiger partial charge in [-0.25, -0.2) is 0 Å². The number of aliphatic hydroxyl groups excluding tert-OH is 1. The van der Waals surface area contributed by atoms with Crippen LogP contribution in [0.3, 0.4) is 0 Å². The van der Waals surface area contributed by atoms with Gasteiger partial charge in [-0.3, -0.25) is 14.5 Å². The molecule has 2 N–H and O–H groups in total. The van der Waals surface area contributed by atoms with E-state index in [1.807, 2.05) is 20.3 Å². The first-order valence-corrected chi connectivity index (χ1v) is 7.63. The van der Waals surface area contributed by atoms with E-state index in [-0.39, 0.29) is 12.5 Å². The third-order valence-corrected chi connectivity index (χ3v) is 3.35. The van der Waals surface area contributed by atoms with Crippen LogP contribution in [0, 0.1) is 0 Å². The van der Waals surface area contributed by atoms with Gasteiger partial charge in [0.2, 0.25) is 0 Å². The summed E-state index contributed by atoms with van der Waals surface area (Å²) in [7, 11) is 4.01. The van der Waals surface area contributed by atoms with Gasteiger partial charge < -0.3 is 15.3 Å². The number of hydrogen-bond donors (Lipinski definition) is 2. The number of nitrogens with zero attached hydrogens (tertiary/aromatic N) is 4. The van der Waals surface area contributed by atoms with E-state index >= 15 is 0 Å². The van der Waals surface area contributed by atoms with Crippen molar-refractivity contribution in [3.8, 4) is 11.3 Å². The Morgan fingerprint density at radius 3 is 2.83 bits per heavy atom. The minimum Gasteiger partial charge on any atom is -0.394 e. The van der Waals surface area contributed by atoms with Crippen molar-refractivity contribution < 1.29 is 9.90 Å². The summed E-state index contributed by atoms with van der Waals surface area (Å²) in [4.78, 5) is 18.4. The van der Waals surface area contributed by atoms with Gasteiger partial charge in [0.1, 0.15) is 0 Å². The van der Waals surface area contributed by atoms with Crippen LogP contribution in [0.5, 0.6) is 0 Å². The van der Waals surface area contributed by atoms with Crippen LogP contribution in [-0.2, 0) is 6.54 Å². The maximum Gasteiger partial charge on any atom is 0.252 e. The van der Waals surface area contributed by atoms with Gasteiger partial charge in [-0.1, -0.05) is 0 Å². The highest BCUT2D eigenvalue weighted by Gasteiger charge is 2.08. The molecule has 0 aromatic carbocycles. The van der Waals surface area contributed by atoms with E-state index in [2.05, 4.69) is 20.3 Å². The molecule has 0 unspecified atom stereocenters. The number of carbonyl (C=O) groups excluding carboxylic acids is 1. The minimum absolute atomic E-state index is 0.0431. The van der Waals surface area contributed by atoms with Gasteiger partial charge >= 0.3 is 0 Å². The topological polar surface area (TPSA) is 83.3 Å². The van der Waals surface area contributed by atoms with Gasteiger partial charge in [0.05, 0.1) is 30.6 Å². The van der Waals surface area contributed by atoms with Crippen LogP contribution in [0.2, 0.25) is 0 Å². The normalized spacial score (nSPS) is 11.0. The second-order valence-corrected chi connectivity index (χ2v) is 5.56. The molecule has 0 aliphatic heterocycles. The lowest BCUT2D eigenvalue weighted by Gasteiger charge is -2.09. The Balaban J connectivity index is 1.91. The van der Waals surface area contributed by atoms with Crippen LogP contribution >= 0.6 is 0 Å². The second-order valence-electron chi connectivity index (χ2n) is 5.56. The van der Waals surface area contributed by atoms with Gasteiger partial charge in [-0.05, 0) is 39.2 Å². The van der Waals surface area contributed by atoms with Crippen molar-refractivity contribution in [3.05, 3.63) is 36.3 Å². The molecular weight excluding hydrogens is 294 g/mol. The van der Waals surface area contributed by atoms with Crippen LogP contribution < -0.4 is 5.32 Å². The van der Waals surface area contributed by atoms with E-state index < -0.39 is 0 Å². The lowest BCUT2D eigenvalue weighted by atomic mass is 10.2. The zero-order chi connectivity index (χ0) is 16.7. The minimum atomic E-state index is -0.112. The van der Waals surface area contributed by atoms with Crippen molar-refractivity contribution in [2.75, 3.05) is 33.8 Å². The SMILES string of the molecule is CN(C)CCCNC(=O)c1ccc(-c2cnn(CCO)c2)nc1. The molecule has 2 aromatic heterocycles. The first-order chi connectivity index (χ1) is 11.1. The zero-order valence-corrected chi connectivity index (χ0v) is 13.6. The summed E-state index contributed by atoms with van der Waals surface area (Å²) in [6.45, 7) is 2.08. The number of pyridine rings is 1. The Morgan fingerprint density at radius 2 is 2.17 bits per heavy atom. The molecule has 2 rings (SSSR count). The summed E-state index contributed by atoms with van der Waals surface area (Å²) in [5.74, 6) is -0.112. The molecule has 7 nitrogen and oxygen atoms in total. The summed E-state index contributed by atoms with van der Waals surface area (Å²) in [5.41, 5.74) is 2.15. The lowest BCUT2D eigenvalue weighted by Crippen LogP contribution is -2.27. The van der Waals surface area contributed by atoms with E-state index in [0.717, 1.165) is 24.2 Å². The van der Waals surface area contributed by atoms with Gasteiger partial charge in [-0.15, -0.1) is 0 Å². The number of rotatable bonds is 8. The zero-order valence-electron chi connectivity index (χ0n) is 13.6. The third kappa shape index (κ3) is 5.15. The maximum absolute atomic E-state index is 12.0. The molecule has 0 spiro atoms. The summed E-state index contributed by atoms with van der Waals surface area (Å²) in [6.07, 6.45) is 5.99. The first kappa shape index (κ1) is 17.1. The number of hydrogen-bond acceptors (Lipinski definition) is 5. The van der Waals surface area contributed by atoms with Gasteiger partial charge in [0.15, 0.2) is 0 Å². The molecule has 2 heterocycles. The second kappa shape index (κ2) is 8.40. The molecule has 0 aliphatic carbocycles. The van der Waals surface area contributed by atoms with Crippen LogP contribution in [0.25, 0.3) is 11.3 Å². The van der Waals surface area contributed by atoms with Crippen molar-refractivity contribution in [1.82, 2.24) is 25.0 Å². The molecule has 0 saturated carbocycles.